The molecule has 0 radical (unpaired) electrons. The Morgan fingerprint density at radius 1 is 1.29 bits per heavy atom. The van der Waals surface area contributed by atoms with E-state index in [-0.39, 0.29) is 0 Å². The Balaban J connectivity index is 1.93. The minimum atomic E-state index is 0.422. The molecular weight excluding hydrogens is 214 g/mol. The minimum absolute atomic E-state index is 0.422. The van der Waals surface area contributed by atoms with Crippen LogP contribution in [0.5, 0.6) is 0 Å². The van der Waals surface area contributed by atoms with E-state index in [1.165, 1.54) is 5.69 Å². The Morgan fingerprint density at radius 3 is 2.47 bits per heavy atom. The maximum absolute atomic E-state index is 10.6. The van der Waals surface area contributed by atoms with Gasteiger partial charge < -0.3 is 9.64 Å². The molecule has 0 unspecified atom stereocenters. The predicted octanol–water partition coefficient (Wildman–Crippen LogP) is 2.50. The number of anilines is 1. The lowest BCUT2D eigenvalue weighted by Crippen LogP contribution is -2.37. The Morgan fingerprint density at radius 2 is 1.94 bits per heavy atom. The third-order valence-corrected chi connectivity index (χ3v) is 3.24. The summed E-state index contributed by atoms with van der Waals surface area (Å²) in [6.07, 6.45) is 3.47. The number of piperidine rings is 1. The normalized spacial score (nSPS) is 17.1. The SMILES string of the molecule is CCOC1CCN(c2ccc(C=O)cc2)CC1. The third kappa shape index (κ3) is 3.07. The molecule has 1 aliphatic heterocycles. The van der Waals surface area contributed by atoms with Crippen molar-refractivity contribution in [1.82, 2.24) is 0 Å². The van der Waals surface area contributed by atoms with E-state index in [0.717, 1.165) is 44.4 Å². The van der Waals surface area contributed by atoms with E-state index in [0.29, 0.717) is 6.10 Å². The first-order chi connectivity index (χ1) is 8.33. The van der Waals surface area contributed by atoms with E-state index in [2.05, 4.69) is 4.90 Å². The zero-order valence-corrected chi connectivity index (χ0v) is 10.3. The lowest BCUT2D eigenvalue weighted by molar-refractivity contribution is 0.0459. The second-order valence-corrected chi connectivity index (χ2v) is 4.35. The summed E-state index contributed by atoms with van der Waals surface area (Å²) in [5, 5.41) is 0. The van der Waals surface area contributed by atoms with Gasteiger partial charge in [0.2, 0.25) is 0 Å². The summed E-state index contributed by atoms with van der Waals surface area (Å²) < 4.78 is 5.63. The molecule has 3 nitrogen and oxygen atoms in total. The smallest absolute Gasteiger partial charge is 0.150 e. The molecule has 0 N–H and O–H groups in total. The van der Waals surface area contributed by atoms with Gasteiger partial charge >= 0.3 is 0 Å². The summed E-state index contributed by atoms with van der Waals surface area (Å²) in [5.41, 5.74) is 1.93. The molecule has 0 aliphatic carbocycles. The van der Waals surface area contributed by atoms with Crippen molar-refractivity contribution in [2.45, 2.75) is 25.9 Å². The molecule has 3 heteroatoms. The fourth-order valence-electron chi connectivity index (χ4n) is 2.28. The number of carbonyl (C=O) groups excluding carboxylic acids is 1. The van der Waals surface area contributed by atoms with Gasteiger partial charge in [0.05, 0.1) is 6.10 Å². The van der Waals surface area contributed by atoms with Crippen molar-refractivity contribution in [2.75, 3.05) is 24.6 Å². The molecule has 17 heavy (non-hydrogen) atoms. The number of ether oxygens (including phenoxy) is 1. The molecule has 2 rings (SSSR count). The number of rotatable bonds is 4. The lowest BCUT2D eigenvalue weighted by Gasteiger charge is -2.33. The summed E-state index contributed by atoms with van der Waals surface area (Å²) >= 11 is 0. The second kappa shape index (κ2) is 5.82. The number of aldehydes is 1. The van der Waals surface area contributed by atoms with Gasteiger partial charge in [-0.05, 0) is 44.0 Å². The molecule has 0 saturated carbocycles. The molecule has 1 aromatic rings. The summed E-state index contributed by atoms with van der Waals surface area (Å²) in [6.45, 7) is 4.92. The van der Waals surface area contributed by atoms with Crippen molar-refractivity contribution in [3.05, 3.63) is 29.8 Å². The average Bonchev–Trinajstić information content (AvgIpc) is 2.40. The standard InChI is InChI=1S/C14H19NO2/c1-2-17-14-7-9-15(10-8-14)13-5-3-12(11-16)4-6-13/h3-6,11,14H,2,7-10H2,1H3. The first-order valence-corrected chi connectivity index (χ1v) is 6.25. The maximum Gasteiger partial charge on any atom is 0.150 e. The Labute approximate surface area is 102 Å². The van der Waals surface area contributed by atoms with E-state index in [9.17, 15) is 4.79 Å². The molecule has 0 bridgehead atoms. The fraction of sp³-hybridized carbons (Fsp3) is 0.500. The van der Waals surface area contributed by atoms with Crippen LogP contribution in [-0.4, -0.2) is 32.1 Å². The number of hydrogen-bond donors (Lipinski definition) is 0. The largest absolute Gasteiger partial charge is 0.378 e. The summed E-state index contributed by atoms with van der Waals surface area (Å²) in [5.74, 6) is 0. The van der Waals surface area contributed by atoms with Gasteiger partial charge in [-0.1, -0.05) is 0 Å². The first kappa shape index (κ1) is 12.1. The van der Waals surface area contributed by atoms with E-state index in [1.54, 1.807) is 0 Å². The Hall–Kier alpha value is -1.35. The number of nitrogens with zero attached hydrogens (tertiary/aromatic N) is 1. The van der Waals surface area contributed by atoms with Gasteiger partial charge in [0, 0.05) is 30.9 Å². The van der Waals surface area contributed by atoms with Gasteiger partial charge in [0.1, 0.15) is 6.29 Å². The average molecular weight is 233 g/mol. The number of carbonyl (C=O) groups is 1. The van der Waals surface area contributed by atoms with Gasteiger partial charge in [-0.15, -0.1) is 0 Å². The van der Waals surface area contributed by atoms with Crippen molar-refractivity contribution >= 4 is 12.0 Å². The third-order valence-electron chi connectivity index (χ3n) is 3.24. The Bertz CT molecular complexity index is 353. The summed E-state index contributed by atoms with van der Waals surface area (Å²) in [4.78, 5) is 12.9. The van der Waals surface area contributed by atoms with Crippen molar-refractivity contribution in [3.63, 3.8) is 0 Å². The minimum Gasteiger partial charge on any atom is -0.378 e. The van der Waals surface area contributed by atoms with Gasteiger partial charge in [-0.2, -0.15) is 0 Å². The van der Waals surface area contributed by atoms with Crippen LogP contribution in [0, 0.1) is 0 Å². The Kier molecular flexibility index (Phi) is 4.15. The highest BCUT2D eigenvalue weighted by Gasteiger charge is 2.19. The molecule has 0 spiro atoms. The van der Waals surface area contributed by atoms with Crippen molar-refractivity contribution < 1.29 is 9.53 Å². The van der Waals surface area contributed by atoms with E-state index in [4.69, 9.17) is 4.74 Å². The van der Waals surface area contributed by atoms with Crippen LogP contribution in [0.2, 0.25) is 0 Å². The van der Waals surface area contributed by atoms with Crippen LogP contribution in [0.1, 0.15) is 30.1 Å². The molecule has 1 heterocycles. The molecule has 0 aromatic heterocycles. The summed E-state index contributed by atoms with van der Waals surface area (Å²) in [6, 6.07) is 7.78. The van der Waals surface area contributed by atoms with E-state index < -0.39 is 0 Å². The molecule has 1 aromatic carbocycles. The van der Waals surface area contributed by atoms with Gasteiger partial charge in [0.25, 0.3) is 0 Å². The molecule has 1 aliphatic rings. The van der Waals surface area contributed by atoms with Gasteiger partial charge in [-0.25, -0.2) is 0 Å². The van der Waals surface area contributed by atoms with Crippen LogP contribution in [0.4, 0.5) is 5.69 Å². The van der Waals surface area contributed by atoms with Crippen LogP contribution >= 0.6 is 0 Å². The van der Waals surface area contributed by atoms with Gasteiger partial charge in [-0.3, -0.25) is 4.79 Å². The fourth-order valence-corrected chi connectivity index (χ4v) is 2.28. The van der Waals surface area contributed by atoms with Crippen LogP contribution in [0.3, 0.4) is 0 Å². The topological polar surface area (TPSA) is 29.5 Å². The zero-order valence-electron chi connectivity index (χ0n) is 10.3. The molecular formula is C14H19NO2. The predicted molar refractivity (Wildman–Crippen MR) is 68.7 cm³/mol. The first-order valence-electron chi connectivity index (χ1n) is 6.25. The van der Waals surface area contributed by atoms with Gasteiger partial charge in [0.15, 0.2) is 0 Å². The van der Waals surface area contributed by atoms with Crippen LogP contribution < -0.4 is 4.90 Å². The zero-order chi connectivity index (χ0) is 12.1. The quantitative estimate of drug-likeness (QED) is 0.748. The van der Waals surface area contributed by atoms with Crippen LogP contribution in [-0.2, 0) is 4.74 Å². The molecule has 92 valence electrons. The molecule has 0 amide bonds. The highest BCUT2D eigenvalue weighted by Crippen LogP contribution is 2.21. The van der Waals surface area contributed by atoms with Crippen molar-refractivity contribution in [2.24, 2.45) is 0 Å². The van der Waals surface area contributed by atoms with Crippen LogP contribution in [0.15, 0.2) is 24.3 Å². The number of hydrogen-bond acceptors (Lipinski definition) is 3. The number of benzene rings is 1. The summed E-state index contributed by atoms with van der Waals surface area (Å²) in [7, 11) is 0. The lowest BCUT2D eigenvalue weighted by atomic mass is 10.1. The second-order valence-electron chi connectivity index (χ2n) is 4.35. The molecule has 1 fully saturated rings. The maximum atomic E-state index is 10.6. The van der Waals surface area contributed by atoms with Crippen molar-refractivity contribution in [1.29, 1.82) is 0 Å². The van der Waals surface area contributed by atoms with Crippen LogP contribution in [0.25, 0.3) is 0 Å². The van der Waals surface area contributed by atoms with E-state index in [1.807, 2.05) is 31.2 Å². The monoisotopic (exact) mass is 233 g/mol. The highest BCUT2D eigenvalue weighted by molar-refractivity contribution is 5.75. The molecule has 0 atom stereocenters. The van der Waals surface area contributed by atoms with Crippen molar-refractivity contribution in [3.8, 4) is 0 Å². The highest BCUT2D eigenvalue weighted by atomic mass is 16.5. The van der Waals surface area contributed by atoms with E-state index >= 15 is 0 Å². The molecule has 1 saturated heterocycles.